The van der Waals surface area contributed by atoms with Gasteiger partial charge in [0.1, 0.15) is 60.4 Å². The van der Waals surface area contributed by atoms with Crippen molar-refractivity contribution in [1.82, 2.24) is 31.5 Å². The van der Waals surface area contributed by atoms with Gasteiger partial charge >= 0.3 is 11.9 Å². The van der Waals surface area contributed by atoms with E-state index in [-0.39, 0.29) is 37.2 Å². The van der Waals surface area contributed by atoms with Gasteiger partial charge in [-0.1, -0.05) is 104 Å². The predicted octanol–water partition coefficient (Wildman–Crippen LogP) is 1.19. The average molecular weight is 1110 g/mol. The number of hydrogen-bond acceptors (Lipinski definition) is 16. The molecule has 23 nitrogen and oxygen atoms in total. The zero-order valence-electron chi connectivity index (χ0n) is 47.2. The van der Waals surface area contributed by atoms with Gasteiger partial charge in [-0.2, -0.15) is 0 Å². The molecule has 2 aromatic rings. The zero-order chi connectivity index (χ0) is 59.3. The molecule has 0 unspecified atom stereocenters. The van der Waals surface area contributed by atoms with Crippen molar-refractivity contribution in [3.05, 3.63) is 77.9 Å². The summed E-state index contributed by atoms with van der Waals surface area (Å²) in [5.74, 6) is -10.6. The molecule has 0 aliphatic carbocycles. The number of aliphatic hydroxyl groups is 3. The fraction of sp³-hybridized carbons (Fsp3) is 0.589. The second-order valence-corrected chi connectivity index (χ2v) is 20.3. The smallest absolute Gasteiger partial charge is 0.332 e. The minimum absolute atomic E-state index is 0.132. The van der Waals surface area contributed by atoms with Crippen LogP contribution in [0.4, 0.5) is 0 Å². The van der Waals surface area contributed by atoms with Crippen molar-refractivity contribution in [2.45, 2.75) is 168 Å². The summed E-state index contributed by atoms with van der Waals surface area (Å²) in [6.45, 7) is 14.4. The Kier molecular flexibility index (Phi) is 26.5. The maximum Gasteiger partial charge on any atom is 0.332 e. The van der Waals surface area contributed by atoms with E-state index in [2.05, 4.69) is 26.6 Å². The molecule has 0 bridgehead atoms. The van der Waals surface area contributed by atoms with E-state index in [0.717, 1.165) is 17.4 Å². The first kappa shape index (κ1) is 66.3. The van der Waals surface area contributed by atoms with Crippen LogP contribution in [0.3, 0.4) is 0 Å². The third kappa shape index (κ3) is 19.1. The lowest BCUT2D eigenvalue weighted by Crippen LogP contribution is -2.61. The molecule has 0 aromatic heterocycles. The Balaban J connectivity index is 2.34. The highest BCUT2D eigenvalue weighted by atomic mass is 16.6. The monoisotopic (exact) mass is 1110 g/mol. The number of likely N-dealkylation sites (N-methyl/N-ethyl adjacent to an activating group) is 1. The largest absolute Gasteiger partial charge is 0.487 e. The van der Waals surface area contributed by atoms with E-state index < -0.39 is 151 Å². The van der Waals surface area contributed by atoms with Gasteiger partial charge in [-0.05, 0) is 68.4 Å². The Morgan fingerprint density at radius 3 is 2.03 bits per heavy atom. The number of ether oxygens (including phenoxy) is 4. The number of nitrogens with one attached hydrogen (secondary N) is 5. The van der Waals surface area contributed by atoms with Crippen LogP contribution >= 0.6 is 0 Å². The van der Waals surface area contributed by atoms with Crippen LogP contribution in [0.15, 0.2) is 66.7 Å². The van der Waals surface area contributed by atoms with Crippen LogP contribution in [-0.4, -0.2) is 161 Å². The Hall–Kier alpha value is -6.95. The number of carbonyl (C=O) groups excluding carboxylic acids is 9. The lowest BCUT2D eigenvalue weighted by atomic mass is 9.93. The second-order valence-electron chi connectivity index (χ2n) is 20.3. The van der Waals surface area contributed by atoms with Gasteiger partial charge in [-0.15, -0.1) is 0 Å². The van der Waals surface area contributed by atoms with Crippen molar-refractivity contribution >= 4 is 53.3 Å². The summed E-state index contributed by atoms with van der Waals surface area (Å²) in [4.78, 5) is 127. The number of unbranched alkanes of at least 4 members (excludes halogenated alkanes) is 1. The molecule has 1 saturated heterocycles. The van der Waals surface area contributed by atoms with E-state index >= 15 is 4.79 Å². The zero-order valence-corrected chi connectivity index (χ0v) is 47.2. The molecule has 438 valence electrons. The predicted molar refractivity (Wildman–Crippen MR) is 289 cm³/mol. The highest BCUT2D eigenvalue weighted by molar-refractivity contribution is 5.98. The van der Waals surface area contributed by atoms with Crippen LogP contribution in [0.2, 0.25) is 0 Å². The Morgan fingerprint density at radius 2 is 1.47 bits per heavy atom. The quantitative estimate of drug-likeness (QED) is 0.0429. The minimum Gasteiger partial charge on any atom is -0.487 e. The van der Waals surface area contributed by atoms with Crippen molar-refractivity contribution in [1.29, 1.82) is 0 Å². The maximum atomic E-state index is 15.3. The van der Waals surface area contributed by atoms with Gasteiger partial charge < -0.3 is 71.5 Å². The summed E-state index contributed by atoms with van der Waals surface area (Å²) in [5.41, 5.74) is 4.58. The highest BCUT2D eigenvalue weighted by Gasteiger charge is 2.42. The van der Waals surface area contributed by atoms with Gasteiger partial charge in [0.15, 0.2) is 6.04 Å². The normalized spacial score (nSPS) is 23.9. The molecule has 1 aliphatic heterocycles. The average Bonchev–Trinajstić information content (AvgIpc) is 3.45. The lowest BCUT2D eigenvalue weighted by molar-refractivity contribution is -0.160. The van der Waals surface area contributed by atoms with Crippen molar-refractivity contribution in [3.8, 4) is 5.75 Å². The van der Waals surface area contributed by atoms with Gasteiger partial charge in [-0.3, -0.25) is 38.4 Å². The fourth-order valence-electron chi connectivity index (χ4n) is 8.37. The number of hydrogen-bond donors (Lipinski definition) is 9. The number of primary amides is 1. The van der Waals surface area contributed by atoms with Crippen LogP contribution < -0.4 is 37.1 Å². The number of benzene rings is 2. The first-order valence-electron chi connectivity index (χ1n) is 26.8. The van der Waals surface area contributed by atoms with Gasteiger partial charge in [0.05, 0.1) is 24.7 Å². The summed E-state index contributed by atoms with van der Waals surface area (Å²) in [6, 6.07) is 4.39. The van der Waals surface area contributed by atoms with Crippen LogP contribution in [-0.2, 0) is 63.8 Å². The molecule has 10 N–H and O–H groups in total. The van der Waals surface area contributed by atoms with Crippen LogP contribution in [0, 0.1) is 17.8 Å². The molecule has 7 amide bonds. The summed E-state index contributed by atoms with van der Waals surface area (Å²) in [5, 5.41) is 45.4. The molecule has 0 saturated carbocycles. The highest BCUT2D eigenvalue weighted by Crippen LogP contribution is 2.28. The third-order valence-corrected chi connectivity index (χ3v) is 13.9. The summed E-state index contributed by atoms with van der Waals surface area (Å²) in [6.07, 6.45) is -1.64. The standard InChI is InChI=1S/C56H83N7O16/c1-12-15-27-77-56(30-64,26-25-42(57)66)36(10)79-39-23-21-38(22-24-39)47-54(74)63(11)41(28-37-19-17-16-18-20-37)50(70)60-45(34(8)65)52(72)58-40(29-76-43(67)14-3)55(75)78-35(9)46(61-49(69)33(7)48(68)31(4)5)53(73)59-44(32(6)13-2)51(71)62-47/h16-26,31-36,40-41,44-48,64-65,68H,12-15,27-30H2,1-11H3,(H2,57,66)(H,58,72)(H,59,73)(H,60,70)(H,61,69)(H,62,71)/b26-25-/t32-,33+,34+,35+,36+,40-,41-,44+,45+,46-,47-,48+,56-/m0/s1. The van der Waals surface area contributed by atoms with Crippen molar-refractivity contribution in [2.75, 3.05) is 26.9 Å². The topological polar surface area (TPSA) is 341 Å². The Morgan fingerprint density at radius 1 is 0.848 bits per heavy atom. The molecule has 13 atom stereocenters. The molecule has 1 fully saturated rings. The molecule has 1 aliphatic rings. The number of amides is 7. The third-order valence-electron chi connectivity index (χ3n) is 13.9. The van der Waals surface area contributed by atoms with Gasteiger partial charge in [0, 0.05) is 32.6 Å². The van der Waals surface area contributed by atoms with Crippen molar-refractivity contribution in [2.24, 2.45) is 23.5 Å². The van der Waals surface area contributed by atoms with E-state index in [4.69, 9.17) is 24.7 Å². The first-order chi connectivity index (χ1) is 37.2. The second kappa shape index (κ2) is 31.6. The number of aliphatic hydroxyl groups excluding tert-OH is 3. The summed E-state index contributed by atoms with van der Waals surface area (Å²) in [7, 11) is 1.30. The summed E-state index contributed by atoms with van der Waals surface area (Å²) < 4.78 is 23.3. The number of esters is 2. The number of rotatable bonds is 23. The van der Waals surface area contributed by atoms with E-state index in [1.54, 1.807) is 65.0 Å². The molecular formula is C56H83N7O16. The molecule has 1 heterocycles. The van der Waals surface area contributed by atoms with E-state index in [1.165, 1.54) is 65.1 Å². The van der Waals surface area contributed by atoms with Crippen molar-refractivity contribution < 1.29 is 77.4 Å². The fourth-order valence-corrected chi connectivity index (χ4v) is 8.37. The Labute approximate surface area is 462 Å². The Bertz CT molecular complexity index is 2410. The lowest BCUT2D eigenvalue weighted by Gasteiger charge is -2.35. The first-order valence-corrected chi connectivity index (χ1v) is 26.8. The molecular weight excluding hydrogens is 1030 g/mol. The van der Waals surface area contributed by atoms with E-state index in [9.17, 15) is 53.7 Å². The van der Waals surface area contributed by atoms with Crippen LogP contribution in [0.25, 0.3) is 0 Å². The molecule has 3 rings (SSSR count). The number of nitrogens with two attached hydrogens (primary N) is 1. The molecule has 0 spiro atoms. The molecule has 0 radical (unpaired) electrons. The van der Waals surface area contributed by atoms with Gasteiger partial charge in [0.25, 0.3) is 0 Å². The van der Waals surface area contributed by atoms with Crippen LogP contribution in [0.1, 0.15) is 112 Å². The molecule has 23 heteroatoms. The number of cyclic esters (lactones) is 1. The molecule has 2 aromatic carbocycles. The van der Waals surface area contributed by atoms with Gasteiger partial charge in [0.2, 0.25) is 41.4 Å². The summed E-state index contributed by atoms with van der Waals surface area (Å²) >= 11 is 0. The number of nitrogens with zero attached hydrogens (tertiary/aromatic N) is 1. The SMILES string of the molecule is CCCCO[C@@](/C=C\C(N)=O)(CO)[C@@H](C)Oc1ccc([C@@H]2NC(=O)[C@@H]([C@@H](C)CC)NC(=O)[C@@H](NC(=O)[C@H](C)[C@H](O)C(C)C)[C@@H](C)OC(=O)[C@H](COC(=O)CC)NC(=O)[C@@H]([C@@H](C)O)NC(=O)[C@H](Cc3ccccc3)N(C)C2=O)cc1. The van der Waals surface area contributed by atoms with E-state index in [1.807, 2.05) is 6.92 Å². The minimum atomic E-state index is -1.83. The number of carbonyl (C=O) groups is 9. The van der Waals surface area contributed by atoms with Crippen LogP contribution in [0.5, 0.6) is 5.75 Å². The van der Waals surface area contributed by atoms with Crippen molar-refractivity contribution in [3.63, 3.8) is 0 Å². The molecule has 79 heavy (non-hydrogen) atoms. The van der Waals surface area contributed by atoms with E-state index in [0.29, 0.717) is 12.0 Å². The van der Waals surface area contributed by atoms with Gasteiger partial charge in [-0.25, -0.2) is 4.79 Å². The maximum absolute atomic E-state index is 15.3.